The number of fused-ring (bicyclic) bond motifs is 3. The highest BCUT2D eigenvalue weighted by atomic mass is 19.4. The number of piperazine rings is 1. The van der Waals surface area contributed by atoms with Gasteiger partial charge < -0.3 is 16.0 Å². The van der Waals surface area contributed by atoms with Crippen molar-refractivity contribution in [3.63, 3.8) is 0 Å². The molecular weight excluding hydrogens is 525 g/mol. The summed E-state index contributed by atoms with van der Waals surface area (Å²) in [5, 5.41) is 3.17. The maximum atomic E-state index is 14.4. The van der Waals surface area contributed by atoms with Gasteiger partial charge in [-0.2, -0.15) is 13.2 Å². The van der Waals surface area contributed by atoms with Gasteiger partial charge in [0.25, 0.3) is 5.56 Å². The van der Waals surface area contributed by atoms with Crippen molar-refractivity contribution >= 4 is 33.4 Å². The number of nitrogens with one attached hydrogen (secondary N) is 1. The van der Waals surface area contributed by atoms with Crippen LogP contribution in [0, 0.1) is 0 Å². The van der Waals surface area contributed by atoms with Crippen LogP contribution in [0.5, 0.6) is 0 Å². The Kier molecular flexibility index (Phi) is 6.02. The second-order valence-corrected chi connectivity index (χ2v) is 9.47. The largest absolute Gasteiger partial charge is 0.418 e. The molecule has 6 rings (SSSR count). The Labute approximate surface area is 224 Å². The lowest BCUT2D eigenvalue weighted by molar-refractivity contribution is -0.137. The van der Waals surface area contributed by atoms with E-state index in [0.29, 0.717) is 48.8 Å². The molecule has 0 spiro atoms. The second kappa shape index (κ2) is 9.45. The van der Waals surface area contributed by atoms with Crippen molar-refractivity contribution in [1.82, 2.24) is 29.4 Å². The lowest BCUT2D eigenvalue weighted by Gasteiger charge is -2.32. The number of nitrogens with zero attached hydrogens (tertiary/aromatic N) is 6. The highest BCUT2D eigenvalue weighted by Crippen LogP contribution is 2.38. The first kappa shape index (κ1) is 25.5. The number of aromatic nitrogens is 5. The number of rotatable bonds is 3. The summed E-state index contributed by atoms with van der Waals surface area (Å²) in [4.78, 5) is 41.4. The topological polar surface area (TPSA) is 124 Å². The van der Waals surface area contributed by atoms with E-state index in [4.69, 9.17) is 5.73 Å². The van der Waals surface area contributed by atoms with Crippen LogP contribution in [0.25, 0.3) is 38.9 Å². The monoisotopic (exact) mass is 548 g/mol. The van der Waals surface area contributed by atoms with Gasteiger partial charge in [0.05, 0.1) is 33.4 Å². The van der Waals surface area contributed by atoms with Crippen molar-refractivity contribution in [2.24, 2.45) is 7.05 Å². The number of anilines is 2. The van der Waals surface area contributed by atoms with Gasteiger partial charge in [-0.25, -0.2) is 14.8 Å². The minimum atomic E-state index is -4.69. The summed E-state index contributed by atoms with van der Waals surface area (Å²) in [6, 6.07) is 10.4. The number of hydrogen-bond acceptors (Lipinski definition) is 8. The van der Waals surface area contributed by atoms with Gasteiger partial charge in [-0.15, -0.1) is 0 Å². The summed E-state index contributed by atoms with van der Waals surface area (Å²) in [6.07, 6.45) is -1.85. The number of pyridine rings is 3. The first-order valence-corrected chi connectivity index (χ1v) is 12.4. The summed E-state index contributed by atoms with van der Waals surface area (Å²) < 4.78 is 45.0. The highest BCUT2D eigenvalue weighted by Gasteiger charge is 2.36. The van der Waals surface area contributed by atoms with E-state index in [1.54, 1.807) is 29.2 Å². The number of hydrogen-bond donors (Lipinski definition) is 2. The summed E-state index contributed by atoms with van der Waals surface area (Å²) >= 11 is 0. The van der Waals surface area contributed by atoms with E-state index in [9.17, 15) is 22.8 Å². The first-order chi connectivity index (χ1) is 19.1. The standard InChI is InChI=1S/C27H23F3N8O2/c1-36-25(39)17-14-33-20-5-4-19(15-2-7-22(31)34-13-15)35-23(20)24(17)38(26(36)40)16-3-6-21(18(12-16)27(28,29)30)37-10-8-32-9-11-37/h2-7,12-14,32H,8-11H2,1H3,(H2,31,34). The van der Waals surface area contributed by atoms with Gasteiger partial charge >= 0.3 is 11.9 Å². The van der Waals surface area contributed by atoms with Gasteiger partial charge in [0, 0.05) is 56.9 Å². The van der Waals surface area contributed by atoms with E-state index < -0.39 is 23.0 Å². The maximum absolute atomic E-state index is 14.4. The molecule has 40 heavy (non-hydrogen) atoms. The molecule has 5 heterocycles. The van der Waals surface area contributed by atoms with Gasteiger partial charge in [-0.05, 0) is 42.5 Å². The van der Waals surface area contributed by atoms with Crippen molar-refractivity contribution in [3.8, 4) is 16.9 Å². The van der Waals surface area contributed by atoms with Crippen LogP contribution >= 0.6 is 0 Å². The third-order valence-electron chi connectivity index (χ3n) is 7.01. The van der Waals surface area contributed by atoms with Gasteiger partial charge in [0.1, 0.15) is 11.3 Å². The second-order valence-electron chi connectivity index (χ2n) is 9.47. The molecule has 4 aromatic heterocycles. The quantitative estimate of drug-likeness (QED) is 0.330. The first-order valence-electron chi connectivity index (χ1n) is 12.4. The number of alkyl halides is 3. The molecule has 0 unspecified atom stereocenters. The lowest BCUT2D eigenvalue weighted by Crippen LogP contribution is -2.44. The SMILES string of the molecule is Cn1c(=O)c2cnc3ccc(-c4ccc(N)nc4)nc3c2n(-c2ccc(N3CCNCC3)c(C(F)(F)F)c2)c1=O. The van der Waals surface area contributed by atoms with E-state index in [0.717, 1.165) is 15.2 Å². The molecule has 0 atom stereocenters. The zero-order valence-electron chi connectivity index (χ0n) is 21.2. The maximum Gasteiger partial charge on any atom is 0.418 e. The van der Waals surface area contributed by atoms with Crippen molar-refractivity contribution in [3.05, 3.63) is 81.3 Å². The minimum Gasteiger partial charge on any atom is -0.384 e. The fourth-order valence-electron chi connectivity index (χ4n) is 4.98. The predicted octanol–water partition coefficient (Wildman–Crippen LogP) is 2.71. The van der Waals surface area contributed by atoms with Crippen LogP contribution in [-0.4, -0.2) is 50.3 Å². The van der Waals surface area contributed by atoms with E-state index >= 15 is 0 Å². The zero-order chi connectivity index (χ0) is 28.2. The number of benzene rings is 1. The highest BCUT2D eigenvalue weighted by molar-refractivity contribution is 6.01. The van der Waals surface area contributed by atoms with E-state index in [1.165, 1.54) is 31.6 Å². The van der Waals surface area contributed by atoms with Crippen LogP contribution in [0.1, 0.15) is 5.56 Å². The van der Waals surface area contributed by atoms with Gasteiger partial charge in [-0.3, -0.25) is 18.9 Å². The van der Waals surface area contributed by atoms with E-state index in [-0.39, 0.29) is 27.8 Å². The fourth-order valence-corrected chi connectivity index (χ4v) is 4.98. The molecule has 0 aliphatic carbocycles. The molecule has 204 valence electrons. The summed E-state index contributed by atoms with van der Waals surface area (Å²) in [5.74, 6) is 0.318. The summed E-state index contributed by atoms with van der Waals surface area (Å²) in [6.45, 7) is 1.93. The molecule has 1 fully saturated rings. The van der Waals surface area contributed by atoms with Crippen LogP contribution < -0.4 is 27.2 Å². The van der Waals surface area contributed by atoms with E-state index in [2.05, 4.69) is 20.3 Å². The van der Waals surface area contributed by atoms with Gasteiger partial charge in [0.15, 0.2) is 0 Å². The number of halogens is 3. The van der Waals surface area contributed by atoms with Crippen LogP contribution in [0.3, 0.4) is 0 Å². The van der Waals surface area contributed by atoms with Crippen molar-refractivity contribution in [1.29, 1.82) is 0 Å². The zero-order valence-corrected chi connectivity index (χ0v) is 21.2. The molecular formula is C27H23F3N8O2. The third-order valence-corrected chi connectivity index (χ3v) is 7.01. The van der Waals surface area contributed by atoms with Gasteiger partial charge in [-0.1, -0.05) is 0 Å². The average molecular weight is 549 g/mol. The smallest absolute Gasteiger partial charge is 0.384 e. The molecule has 1 aliphatic rings. The molecule has 0 bridgehead atoms. The van der Waals surface area contributed by atoms with Crippen LogP contribution in [-0.2, 0) is 13.2 Å². The fraction of sp³-hybridized carbons (Fsp3) is 0.222. The molecule has 1 saturated heterocycles. The molecule has 5 aromatic rings. The molecule has 1 aliphatic heterocycles. The van der Waals surface area contributed by atoms with Gasteiger partial charge in [0.2, 0.25) is 0 Å². The molecule has 3 N–H and O–H groups in total. The van der Waals surface area contributed by atoms with Crippen molar-refractivity contribution in [2.75, 3.05) is 36.8 Å². The van der Waals surface area contributed by atoms with Crippen molar-refractivity contribution < 1.29 is 13.2 Å². The predicted molar refractivity (Wildman–Crippen MR) is 146 cm³/mol. The Morgan fingerprint density at radius 3 is 2.45 bits per heavy atom. The van der Waals surface area contributed by atoms with Crippen molar-refractivity contribution in [2.45, 2.75) is 6.18 Å². The molecule has 0 saturated carbocycles. The number of nitrogen functional groups attached to an aromatic ring is 1. The Balaban J connectivity index is 1.66. The Morgan fingerprint density at radius 2 is 1.75 bits per heavy atom. The molecule has 13 heteroatoms. The summed E-state index contributed by atoms with van der Waals surface area (Å²) in [5.41, 5.74) is 5.03. The molecule has 10 nitrogen and oxygen atoms in total. The Bertz CT molecular complexity index is 1890. The van der Waals surface area contributed by atoms with Crippen LogP contribution in [0.15, 0.2) is 64.4 Å². The van der Waals surface area contributed by atoms with Crippen LogP contribution in [0.2, 0.25) is 0 Å². The lowest BCUT2D eigenvalue weighted by atomic mass is 10.1. The minimum absolute atomic E-state index is 0.0303. The summed E-state index contributed by atoms with van der Waals surface area (Å²) in [7, 11) is 1.27. The molecule has 0 amide bonds. The average Bonchev–Trinajstić information content (AvgIpc) is 2.96. The van der Waals surface area contributed by atoms with E-state index in [1.807, 2.05) is 0 Å². The number of nitrogens with two attached hydrogens (primary N) is 1. The third kappa shape index (κ3) is 4.24. The normalized spacial score (nSPS) is 14.2. The Morgan fingerprint density at radius 1 is 0.975 bits per heavy atom. The molecule has 1 aromatic carbocycles. The van der Waals surface area contributed by atoms with Crippen LogP contribution in [0.4, 0.5) is 24.7 Å². The molecule has 0 radical (unpaired) electrons. The Hall–Kier alpha value is -4.78.